The van der Waals surface area contributed by atoms with Crippen molar-refractivity contribution in [1.29, 1.82) is 0 Å². The molecule has 0 saturated heterocycles. The molecule has 1 N–H and O–H groups in total. The van der Waals surface area contributed by atoms with Gasteiger partial charge in [0, 0.05) is 30.6 Å². The van der Waals surface area contributed by atoms with Gasteiger partial charge in [-0.2, -0.15) is 5.10 Å². The zero-order valence-electron chi connectivity index (χ0n) is 18.8. The summed E-state index contributed by atoms with van der Waals surface area (Å²) in [5.41, 5.74) is 3.08. The Hall–Kier alpha value is -3.22. The molecule has 6 nitrogen and oxygen atoms in total. The first-order valence-electron chi connectivity index (χ1n) is 11.0. The lowest BCUT2D eigenvalue weighted by Gasteiger charge is -2.16. The van der Waals surface area contributed by atoms with E-state index in [0.29, 0.717) is 18.3 Å². The first-order chi connectivity index (χ1) is 15.2. The van der Waals surface area contributed by atoms with Crippen molar-refractivity contribution in [3.63, 3.8) is 0 Å². The monoisotopic (exact) mass is 434 g/mol. The Morgan fingerprint density at radius 3 is 2.53 bits per heavy atom. The van der Waals surface area contributed by atoms with Gasteiger partial charge in [-0.25, -0.2) is 14.1 Å². The van der Waals surface area contributed by atoms with E-state index in [4.69, 9.17) is 9.84 Å². The fourth-order valence-electron chi connectivity index (χ4n) is 4.90. The Bertz CT molecular complexity index is 1180. The van der Waals surface area contributed by atoms with Crippen LogP contribution in [0.25, 0.3) is 22.4 Å². The van der Waals surface area contributed by atoms with E-state index in [1.54, 1.807) is 18.3 Å². The fraction of sp³-hybridized carbons (Fsp3) is 0.400. The molecule has 0 unspecified atom stereocenters. The van der Waals surface area contributed by atoms with Crippen molar-refractivity contribution >= 4 is 11.7 Å². The molecule has 1 aromatic carbocycles. The second-order valence-corrected chi connectivity index (χ2v) is 9.76. The lowest BCUT2D eigenvalue weighted by Crippen LogP contribution is -2.18. The Kier molecular flexibility index (Phi) is 4.62. The molecular weight excluding hydrogens is 407 g/mol. The molecular formula is C25H27FN4O2. The summed E-state index contributed by atoms with van der Waals surface area (Å²) in [6.07, 6.45) is 2.55. The molecule has 5 rings (SSSR count). The highest BCUT2D eigenvalue weighted by Crippen LogP contribution is 2.68. The zero-order chi connectivity index (χ0) is 22.7. The summed E-state index contributed by atoms with van der Waals surface area (Å²) in [7, 11) is 0. The number of amides is 1. The Balaban J connectivity index is 1.52. The van der Waals surface area contributed by atoms with Crippen LogP contribution in [-0.4, -0.2) is 27.3 Å². The molecule has 1 amide bonds. The molecule has 3 heterocycles. The number of benzene rings is 1. The van der Waals surface area contributed by atoms with Crippen LogP contribution in [0.4, 0.5) is 10.2 Å². The minimum Gasteiger partial charge on any atom is -0.477 e. The quantitative estimate of drug-likeness (QED) is 0.616. The molecule has 0 spiro atoms. The van der Waals surface area contributed by atoms with Crippen molar-refractivity contribution in [3.05, 3.63) is 48.4 Å². The number of hydrogen-bond donors (Lipinski definition) is 1. The van der Waals surface area contributed by atoms with Crippen molar-refractivity contribution < 1.29 is 13.9 Å². The normalized spacial score (nSPS) is 18.5. The first-order valence-corrected chi connectivity index (χ1v) is 11.0. The summed E-state index contributed by atoms with van der Waals surface area (Å²) >= 11 is 0. The number of pyridine rings is 1. The van der Waals surface area contributed by atoms with Gasteiger partial charge in [0.05, 0.1) is 12.2 Å². The second-order valence-electron chi connectivity index (χ2n) is 9.76. The summed E-state index contributed by atoms with van der Waals surface area (Å²) in [6.45, 7) is 9.84. The number of nitrogens with one attached hydrogen (secondary N) is 1. The number of halogens is 1. The number of carbonyl (C=O) groups excluding carboxylic acids is 1. The zero-order valence-corrected chi connectivity index (χ0v) is 18.8. The van der Waals surface area contributed by atoms with Crippen LogP contribution in [0, 0.1) is 22.6 Å². The van der Waals surface area contributed by atoms with E-state index < -0.39 is 0 Å². The molecule has 1 aliphatic carbocycles. The van der Waals surface area contributed by atoms with Gasteiger partial charge < -0.3 is 10.1 Å². The van der Waals surface area contributed by atoms with Gasteiger partial charge in [0.25, 0.3) is 0 Å². The predicted molar refractivity (Wildman–Crippen MR) is 121 cm³/mol. The summed E-state index contributed by atoms with van der Waals surface area (Å²) in [5, 5.41) is 7.75. The highest BCUT2D eigenvalue weighted by molar-refractivity contribution is 5.96. The number of anilines is 1. The predicted octanol–water partition coefficient (Wildman–Crippen LogP) is 5.15. The third-order valence-electron chi connectivity index (χ3n) is 7.36. The summed E-state index contributed by atoms with van der Waals surface area (Å²) in [6, 6.07) is 10.0. The molecule has 7 heteroatoms. The van der Waals surface area contributed by atoms with Crippen LogP contribution in [0.1, 0.15) is 34.1 Å². The summed E-state index contributed by atoms with van der Waals surface area (Å²) in [4.78, 5) is 17.3. The maximum atomic E-state index is 13.5. The number of hydrogen-bond acceptors (Lipinski definition) is 4. The Morgan fingerprint density at radius 2 is 1.84 bits per heavy atom. The average Bonchev–Trinajstić information content (AvgIpc) is 3.02. The van der Waals surface area contributed by atoms with Crippen LogP contribution in [0.15, 0.2) is 42.6 Å². The maximum absolute atomic E-state index is 13.5. The van der Waals surface area contributed by atoms with Crippen molar-refractivity contribution in [3.8, 4) is 28.3 Å². The van der Waals surface area contributed by atoms with E-state index in [9.17, 15) is 9.18 Å². The third-order valence-corrected chi connectivity index (χ3v) is 7.36. The van der Waals surface area contributed by atoms with E-state index in [0.717, 1.165) is 35.3 Å². The molecule has 0 bridgehead atoms. The lowest BCUT2D eigenvalue weighted by atomic mass is 10.0. The molecule has 0 atom stereocenters. The molecule has 32 heavy (non-hydrogen) atoms. The van der Waals surface area contributed by atoms with Gasteiger partial charge in [-0.1, -0.05) is 27.7 Å². The molecule has 0 radical (unpaired) electrons. The highest BCUT2D eigenvalue weighted by Gasteiger charge is 2.68. The van der Waals surface area contributed by atoms with E-state index in [2.05, 4.69) is 38.0 Å². The Labute approximate surface area is 186 Å². The third kappa shape index (κ3) is 3.18. The van der Waals surface area contributed by atoms with Gasteiger partial charge in [0.1, 0.15) is 17.3 Å². The van der Waals surface area contributed by atoms with Gasteiger partial charge in [0.2, 0.25) is 11.8 Å². The molecule has 3 aromatic rings. The summed E-state index contributed by atoms with van der Waals surface area (Å²) < 4.78 is 21.3. The van der Waals surface area contributed by atoms with Gasteiger partial charge in [-0.3, -0.25) is 4.79 Å². The number of fused-ring (bicyclic) bond motifs is 1. The minimum atomic E-state index is -0.296. The maximum Gasteiger partial charge on any atom is 0.229 e. The first kappa shape index (κ1) is 20.7. The number of carbonyl (C=O) groups is 1. The minimum absolute atomic E-state index is 0.0170. The molecule has 1 aliphatic heterocycles. The van der Waals surface area contributed by atoms with Crippen molar-refractivity contribution in [2.45, 2.75) is 40.7 Å². The van der Waals surface area contributed by atoms with Crippen LogP contribution in [0.3, 0.4) is 0 Å². The molecule has 1 fully saturated rings. The second kappa shape index (κ2) is 7.15. The van der Waals surface area contributed by atoms with Crippen LogP contribution in [-0.2, 0) is 11.3 Å². The molecule has 2 aliphatic rings. The highest BCUT2D eigenvalue weighted by atomic mass is 19.1. The van der Waals surface area contributed by atoms with E-state index in [-0.39, 0.29) is 28.5 Å². The number of nitrogens with zero attached hydrogens (tertiary/aromatic N) is 3. The van der Waals surface area contributed by atoms with Crippen LogP contribution >= 0.6 is 0 Å². The van der Waals surface area contributed by atoms with Crippen LogP contribution in [0.5, 0.6) is 5.88 Å². The topological polar surface area (TPSA) is 69.0 Å². The Morgan fingerprint density at radius 1 is 1.12 bits per heavy atom. The lowest BCUT2D eigenvalue weighted by molar-refractivity contribution is -0.118. The van der Waals surface area contributed by atoms with Gasteiger partial charge in [-0.05, 0) is 52.8 Å². The van der Waals surface area contributed by atoms with E-state index >= 15 is 0 Å². The van der Waals surface area contributed by atoms with Crippen molar-refractivity contribution in [2.75, 3.05) is 11.9 Å². The van der Waals surface area contributed by atoms with E-state index in [1.807, 2.05) is 16.8 Å². The molecule has 2 aromatic heterocycles. The number of rotatable bonds is 4. The summed E-state index contributed by atoms with van der Waals surface area (Å²) in [5.74, 6) is 0.796. The molecule has 1 saturated carbocycles. The molecule has 166 valence electrons. The fourth-order valence-corrected chi connectivity index (χ4v) is 4.90. The van der Waals surface area contributed by atoms with E-state index in [1.165, 1.54) is 12.1 Å². The standard InChI is InChI=1S/C25H27FN4O2/c1-24(2)21(25(24,3)4)22(31)28-18-14-16(10-11-27-18)19-20(15-6-8-17(26)9-7-15)29-30-12-5-13-32-23(19)30/h6-11,14,21H,5,12-13H2,1-4H3,(H,27,28,31). The smallest absolute Gasteiger partial charge is 0.229 e. The number of aromatic nitrogens is 3. The number of aryl methyl sites for hydroxylation is 1. The largest absolute Gasteiger partial charge is 0.477 e. The average molecular weight is 435 g/mol. The SMILES string of the molecule is CC1(C)C(C(=O)Nc2cc(-c3c(-c4ccc(F)cc4)nn4c3OCCC4)ccn2)C1(C)C. The van der Waals surface area contributed by atoms with Crippen molar-refractivity contribution in [2.24, 2.45) is 16.7 Å². The van der Waals surface area contributed by atoms with Crippen molar-refractivity contribution in [1.82, 2.24) is 14.8 Å². The number of ether oxygens (including phenoxy) is 1. The van der Waals surface area contributed by atoms with Gasteiger partial charge in [-0.15, -0.1) is 0 Å². The van der Waals surface area contributed by atoms with Crippen LogP contribution in [0.2, 0.25) is 0 Å². The van der Waals surface area contributed by atoms with Gasteiger partial charge in [0.15, 0.2) is 0 Å². The van der Waals surface area contributed by atoms with Crippen LogP contribution < -0.4 is 10.1 Å². The van der Waals surface area contributed by atoms with Gasteiger partial charge >= 0.3 is 0 Å².